The van der Waals surface area contributed by atoms with Crippen molar-refractivity contribution in [3.63, 3.8) is 0 Å². The maximum Gasteiger partial charge on any atom is 0.0614 e. The lowest BCUT2D eigenvalue weighted by Gasteiger charge is -1.99. The van der Waals surface area contributed by atoms with Crippen LogP contribution in [0.2, 0.25) is 0 Å². The van der Waals surface area contributed by atoms with Crippen molar-refractivity contribution in [1.29, 1.82) is 0 Å². The average Bonchev–Trinajstić information content (AvgIpc) is 1.90. The van der Waals surface area contributed by atoms with Gasteiger partial charge < -0.3 is 0 Å². The van der Waals surface area contributed by atoms with Gasteiger partial charge in [-0.15, -0.1) is 0 Å². The van der Waals surface area contributed by atoms with Crippen molar-refractivity contribution in [2.24, 2.45) is 0 Å². The summed E-state index contributed by atoms with van der Waals surface area (Å²) in [7, 11) is 0. The molecule has 0 aliphatic rings. The highest BCUT2D eigenvalue weighted by atomic mass is 14.8. The zero-order valence-electron chi connectivity index (χ0n) is 5.41. The van der Waals surface area contributed by atoms with Crippen molar-refractivity contribution in [3.05, 3.63) is 31.2 Å². The lowest BCUT2D eigenvalue weighted by molar-refractivity contribution is 0.886. The SMILES string of the molecule is [CH2]C(C)c1cnccn1. The van der Waals surface area contributed by atoms with Crippen LogP contribution in [0, 0.1) is 6.92 Å². The summed E-state index contributed by atoms with van der Waals surface area (Å²) in [6, 6.07) is 0. The summed E-state index contributed by atoms with van der Waals surface area (Å²) in [5.74, 6) is 0.235. The Bertz CT molecular complexity index is 170. The molecule has 1 rings (SSSR count). The largest absolute Gasteiger partial charge is 0.261 e. The Hall–Kier alpha value is -0.920. The first-order chi connectivity index (χ1) is 4.30. The number of aromatic nitrogens is 2. The van der Waals surface area contributed by atoms with Crippen molar-refractivity contribution in [1.82, 2.24) is 9.97 Å². The van der Waals surface area contributed by atoms with Gasteiger partial charge in [0.25, 0.3) is 0 Å². The molecule has 1 aromatic rings. The third-order valence-corrected chi connectivity index (χ3v) is 1.09. The van der Waals surface area contributed by atoms with Gasteiger partial charge in [-0.05, 0) is 12.8 Å². The number of hydrogen-bond donors (Lipinski definition) is 0. The smallest absolute Gasteiger partial charge is 0.0614 e. The second-order valence-electron chi connectivity index (χ2n) is 2.03. The Morgan fingerprint density at radius 3 is 2.67 bits per heavy atom. The van der Waals surface area contributed by atoms with Gasteiger partial charge in [-0.3, -0.25) is 9.97 Å². The maximum absolute atomic E-state index is 4.05. The Morgan fingerprint density at radius 2 is 2.33 bits per heavy atom. The molecule has 1 aromatic heterocycles. The molecule has 0 fully saturated rings. The Kier molecular flexibility index (Phi) is 1.78. The summed E-state index contributed by atoms with van der Waals surface area (Å²) in [5, 5.41) is 0. The van der Waals surface area contributed by atoms with Gasteiger partial charge in [0.2, 0.25) is 0 Å². The van der Waals surface area contributed by atoms with Crippen LogP contribution in [-0.4, -0.2) is 9.97 Å². The van der Waals surface area contributed by atoms with E-state index in [-0.39, 0.29) is 5.92 Å². The van der Waals surface area contributed by atoms with E-state index in [0.29, 0.717) is 0 Å². The topological polar surface area (TPSA) is 25.8 Å². The van der Waals surface area contributed by atoms with Crippen LogP contribution in [0.15, 0.2) is 18.6 Å². The fraction of sp³-hybridized carbons (Fsp3) is 0.286. The molecule has 1 heterocycles. The molecule has 9 heavy (non-hydrogen) atoms. The molecule has 0 saturated carbocycles. The van der Waals surface area contributed by atoms with Crippen molar-refractivity contribution in [2.75, 3.05) is 0 Å². The second-order valence-corrected chi connectivity index (χ2v) is 2.03. The molecule has 47 valence electrons. The van der Waals surface area contributed by atoms with Gasteiger partial charge in [0.1, 0.15) is 0 Å². The van der Waals surface area contributed by atoms with Gasteiger partial charge in [0, 0.05) is 18.6 Å². The quantitative estimate of drug-likeness (QED) is 0.561. The molecule has 0 aliphatic heterocycles. The molecule has 1 atom stereocenters. The maximum atomic E-state index is 4.05. The summed E-state index contributed by atoms with van der Waals surface area (Å²) >= 11 is 0. The van der Waals surface area contributed by atoms with E-state index in [1.54, 1.807) is 18.6 Å². The first kappa shape index (κ1) is 6.20. The number of hydrogen-bond acceptors (Lipinski definition) is 2. The Balaban J connectivity index is 2.85. The number of rotatable bonds is 1. The van der Waals surface area contributed by atoms with Crippen LogP contribution in [-0.2, 0) is 0 Å². The summed E-state index contributed by atoms with van der Waals surface area (Å²) in [5.41, 5.74) is 0.942. The standard InChI is InChI=1S/C7H9N2/c1-6(2)7-5-8-3-4-9-7/h3-6H,1H2,2H3. The summed E-state index contributed by atoms with van der Waals surface area (Å²) in [4.78, 5) is 7.96. The molecule has 0 bridgehead atoms. The van der Waals surface area contributed by atoms with Gasteiger partial charge >= 0.3 is 0 Å². The molecule has 2 heteroatoms. The van der Waals surface area contributed by atoms with Crippen molar-refractivity contribution >= 4 is 0 Å². The van der Waals surface area contributed by atoms with E-state index in [1.165, 1.54) is 0 Å². The third-order valence-electron chi connectivity index (χ3n) is 1.09. The van der Waals surface area contributed by atoms with Gasteiger partial charge in [0.15, 0.2) is 0 Å². The van der Waals surface area contributed by atoms with E-state index in [1.807, 2.05) is 6.92 Å². The van der Waals surface area contributed by atoms with Crippen molar-refractivity contribution in [2.45, 2.75) is 12.8 Å². The normalized spacial score (nSPS) is 10.1. The molecule has 0 aromatic carbocycles. The highest BCUT2D eigenvalue weighted by Crippen LogP contribution is 2.06. The molecule has 0 saturated heterocycles. The lowest BCUT2D eigenvalue weighted by Crippen LogP contribution is -1.91. The van der Waals surface area contributed by atoms with Crippen molar-refractivity contribution < 1.29 is 0 Å². The van der Waals surface area contributed by atoms with Gasteiger partial charge in [-0.2, -0.15) is 0 Å². The number of nitrogens with zero attached hydrogens (tertiary/aromatic N) is 2. The van der Waals surface area contributed by atoms with E-state index in [4.69, 9.17) is 0 Å². The average molecular weight is 121 g/mol. The predicted octanol–water partition coefficient (Wildman–Crippen LogP) is 1.41. The van der Waals surface area contributed by atoms with E-state index in [2.05, 4.69) is 16.9 Å². The predicted molar refractivity (Wildman–Crippen MR) is 35.8 cm³/mol. The zero-order chi connectivity index (χ0) is 6.69. The first-order valence-corrected chi connectivity index (χ1v) is 2.89. The van der Waals surface area contributed by atoms with E-state index in [9.17, 15) is 0 Å². The van der Waals surface area contributed by atoms with Crippen LogP contribution in [0.25, 0.3) is 0 Å². The van der Waals surface area contributed by atoms with Gasteiger partial charge in [-0.25, -0.2) is 0 Å². The van der Waals surface area contributed by atoms with Crippen LogP contribution in [0.4, 0.5) is 0 Å². The van der Waals surface area contributed by atoms with Crippen LogP contribution in [0.5, 0.6) is 0 Å². The Labute approximate surface area is 55.0 Å². The zero-order valence-corrected chi connectivity index (χ0v) is 5.41. The summed E-state index contributed by atoms with van der Waals surface area (Å²) in [6.45, 7) is 5.80. The second kappa shape index (κ2) is 2.58. The first-order valence-electron chi connectivity index (χ1n) is 2.89. The molecule has 0 N–H and O–H groups in total. The molecular weight excluding hydrogens is 112 g/mol. The van der Waals surface area contributed by atoms with E-state index < -0.39 is 0 Å². The fourth-order valence-corrected chi connectivity index (χ4v) is 0.565. The lowest BCUT2D eigenvalue weighted by atomic mass is 10.1. The Morgan fingerprint density at radius 1 is 1.56 bits per heavy atom. The summed E-state index contributed by atoms with van der Waals surface area (Å²) in [6.07, 6.45) is 5.07. The van der Waals surface area contributed by atoms with Crippen molar-refractivity contribution in [3.8, 4) is 0 Å². The molecular formula is C7H9N2. The minimum atomic E-state index is 0.235. The van der Waals surface area contributed by atoms with Gasteiger partial charge in [0.05, 0.1) is 5.69 Å². The van der Waals surface area contributed by atoms with Crippen LogP contribution >= 0.6 is 0 Å². The molecule has 0 aliphatic carbocycles. The molecule has 2 nitrogen and oxygen atoms in total. The van der Waals surface area contributed by atoms with Crippen LogP contribution in [0.3, 0.4) is 0 Å². The molecule has 0 spiro atoms. The highest BCUT2D eigenvalue weighted by Gasteiger charge is 1.96. The van der Waals surface area contributed by atoms with Gasteiger partial charge in [-0.1, -0.05) is 6.92 Å². The monoisotopic (exact) mass is 121 g/mol. The van der Waals surface area contributed by atoms with Crippen LogP contribution in [0.1, 0.15) is 18.5 Å². The van der Waals surface area contributed by atoms with E-state index >= 15 is 0 Å². The fourth-order valence-electron chi connectivity index (χ4n) is 0.565. The molecule has 1 unspecified atom stereocenters. The minimum Gasteiger partial charge on any atom is -0.261 e. The van der Waals surface area contributed by atoms with Crippen LogP contribution < -0.4 is 0 Å². The molecule has 0 amide bonds. The third kappa shape index (κ3) is 1.49. The van der Waals surface area contributed by atoms with E-state index in [0.717, 1.165) is 5.69 Å². The molecule has 1 radical (unpaired) electrons. The summed E-state index contributed by atoms with van der Waals surface area (Å²) < 4.78 is 0. The minimum absolute atomic E-state index is 0.235. The highest BCUT2D eigenvalue weighted by molar-refractivity contribution is 5.02.